The van der Waals surface area contributed by atoms with Gasteiger partial charge in [-0.1, -0.05) is 41.8 Å². The first-order chi connectivity index (χ1) is 21.8. The van der Waals surface area contributed by atoms with E-state index in [0.29, 0.717) is 64.1 Å². The molecule has 5 aromatic heterocycles. The summed E-state index contributed by atoms with van der Waals surface area (Å²) in [5.41, 5.74) is 3.87. The van der Waals surface area contributed by atoms with Crippen LogP contribution in [0.2, 0.25) is 10.2 Å². The molecule has 0 saturated carbocycles. The van der Waals surface area contributed by atoms with E-state index < -0.39 is 6.04 Å². The molecule has 45 heavy (non-hydrogen) atoms. The second-order valence-corrected chi connectivity index (χ2v) is 11.6. The number of nitrogens with zero attached hydrogens (tertiary/aromatic N) is 9. The number of aromatic nitrogens is 10. The number of fused-ring (bicyclic) bond motifs is 4. The predicted octanol–water partition coefficient (Wildman–Crippen LogP) is 5.12. The van der Waals surface area contributed by atoms with Crippen LogP contribution in [0.15, 0.2) is 78.6 Å². The van der Waals surface area contributed by atoms with E-state index in [0.717, 1.165) is 5.56 Å². The first kappa shape index (κ1) is 28.6. The fourth-order valence-corrected chi connectivity index (χ4v) is 5.75. The van der Waals surface area contributed by atoms with Crippen LogP contribution in [-0.2, 0) is 4.79 Å². The molecule has 226 valence electrons. The smallest absolute Gasteiger partial charge is 0.254 e. The molecule has 0 radical (unpaired) electrons. The van der Waals surface area contributed by atoms with Crippen LogP contribution in [0.1, 0.15) is 37.9 Å². The Balaban J connectivity index is 1.31. The number of anilines is 1. The number of pyridine rings is 1. The first-order valence-corrected chi connectivity index (χ1v) is 14.9. The Morgan fingerprint density at radius 1 is 1.00 bits per heavy atom. The van der Waals surface area contributed by atoms with Crippen molar-refractivity contribution in [3.63, 3.8) is 0 Å². The average Bonchev–Trinajstić information content (AvgIpc) is 3.81. The Bertz CT molecular complexity index is 2080. The molecule has 1 aliphatic heterocycles. The maximum atomic E-state index is 13.8. The van der Waals surface area contributed by atoms with Gasteiger partial charge >= 0.3 is 0 Å². The van der Waals surface area contributed by atoms with Crippen molar-refractivity contribution in [1.29, 1.82) is 0 Å². The lowest BCUT2D eigenvalue weighted by Crippen LogP contribution is -2.27. The third-order valence-corrected chi connectivity index (χ3v) is 8.19. The van der Waals surface area contributed by atoms with Crippen molar-refractivity contribution in [2.75, 3.05) is 5.32 Å². The number of halogens is 2. The average molecular weight is 643 g/mol. The normalized spacial score (nSPS) is 16.8. The number of hydrogen-bond donors (Lipinski definition) is 2. The second-order valence-electron chi connectivity index (χ2n) is 10.7. The maximum absolute atomic E-state index is 13.8. The number of imidazole rings is 1. The minimum Gasteiger partial charge on any atom is -0.330 e. The van der Waals surface area contributed by atoms with Crippen LogP contribution in [0.4, 0.5) is 5.69 Å². The van der Waals surface area contributed by atoms with Crippen LogP contribution in [-0.4, -0.2) is 55.2 Å². The molecule has 2 atom stereocenters. The lowest BCUT2D eigenvalue weighted by Gasteiger charge is -2.22. The van der Waals surface area contributed by atoms with Crippen molar-refractivity contribution in [3.8, 4) is 34.0 Å². The molecule has 2 bridgehead atoms. The molecule has 13 nitrogen and oxygen atoms in total. The summed E-state index contributed by atoms with van der Waals surface area (Å²) in [6.07, 6.45) is 11.6. The van der Waals surface area contributed by atoms with Gasteiger partial charge < -0.3 is 10.3 Å². The molecule has 7 rings (SSSR count). The fraction of sp³-hybridized carbons (Fsp3) is 0.200. The molecule has 1 amide bonds. The molecule has 0 fully saturated rings. The number of aromatic amines is 1. The van der Waals surface area contributed by atoms with Crippen LogP contribution in [0.25, 0.3) is 34.0 Å². The van der Waals surface area contributed by atoms with Crippen LogP contribution >= 0.6 is 23.2 Å². The van der Waals surface area contributed by atoms with E-state index in [9.17, 15) is 9.59 Å². The molecule has 6 heterocycles. The number of hydrogen-bond acceptors (Lipinski definition) is 8. The monoisotopic (exact) mass is 641 g/mol. The van der Waals surface area contributed by atoms with Crippen molar-refractivity contribution >= 4 is 34.8 Å². The standard InChI is InChI=1S/C30H25Cl2N11O2/c1-17-3-2-4-25(22-9-18(7-8-34-22)29-23(37-30(17)45)13-43(39-29)27-12-33-15-35-27)41-16-36-21(11-28(41)44)20-10-19(31)5-6-24(20)42-14-26(32)38-40-42/h5-17,25H,2-4H2,1H3,(H,33,35)(H,37,45). The second kappa shape index (κ2) is 11.7. The Kier molecular flexibility index (Phi) is 7.47. The molecule has 2 N–H and O–H groups in total. The van der Waals surface area contributed by atoms with Gasteiger partial charge in [0.05, 0.1) is 60.0 Å². The van der Waals surface area contributed by atoms with Crippen LogP contribution in [0.3, 0.4) is 0 Å². The molecule has 1 aromatic carbocycles. The highest BCUT2D eigenvalue weighted by Gasteiger charge is 2.24. The molecule has 0 spiro atoms. The van der Waals surface area contributed by atoms with Crippen LogP contribution in [0, 0.1) is 5.92 Å². The lowest BCUT2D eigenvalue weighted by atomic mass is 9.97. The third-order valence-electron chi connectivity index (χ3n) is 7.78. The SMILES string of the molecule is CC1CCCC(n2cnc(-c3cc(Cl)ccc3-n3cc(Cl)nn3)cc2=O)c2cc(ccn2)-c2nn(-c3cnc[nH]3)cc2NC1=O. The van der Waals surface area contributed by atoms with Crippen molar-refractivity contribution in [2.45, 2.75) is 32.2 Å². The Hall–Kier alpha value is -5.14. The van der Waals surface area contributed by atoms with Gasteiger partial charge in [-0.05, 0) is 43.2 Å². The Morgan fingerprint density at radius 3 is 2.67 bits per heavy atom. The van der Waals surface area contributed by atoms with Gasteiger partial charge in [-0.25, -0.2) is 19.3 Å². The highest BCUT2D eigenvalue weighted by atomic mass is 35.5. The highest BCUT2D eigenvalue weighted by Crippen LogP contribution is 2.33. The molecule has 6 aromatic rings. The molecular formula is C30H25Cl2N11O2. The maximum Gasteiger partial charge on any atom is 0.254 e. The zero-order chi connectivity index (χ0) is 31.1. The Labute approximate surface area is 265 Å². The van der Waals surface area contributed by atoms with E-state index in [1.165, 1.54) is 17.1 Å². The van der Waals surface area contributed by atoms with Crippen LogP contribution < -0.4 is 10.9 Å². The third kappa shape index (κ3) is 5.63. The van der Waals surface area contributed by atoms with E-state index in [4.69, 9.17) is 28.3 Å². The molecule has 0 aliphatic carbocycles. The number of rotatable bonds is 4. The number of benzene rings is 1. The molecule has 2 unspecified atom stereocenters. The van der Waals surface area contributed by atoms with Gasteiger partial charge in [0.15, 0.2) is 11.0 Å². The fourth-order valence-electron chi connectivity index (χ4n) is 5.45. The van der Waals surface area contributed by atoms with Gasteiger partial charge in [0.2, 0.25) is 5.91 Å². The predicted molar refractivity (Wildman–Crippen MR) is 168 cm³/mol. The summed E-state index contributed by atoms with van der Waals surface area (Å²) in [6.45, 7) is 1.89. The van der Waals surface area contributed by atoms with Crippen molar-refractivity contribution in [2.24, 2.45) is 5.92 Å². The van der Waals surface area contributed by atoms with Gasteiger partial charge in [0.25, 0.3) is 5.56 Å². The van der Waals surface area contributed by atoms with E-state index in [1.807, 2.05) is 19.1 Å². The van der Waals surface area contributed by atoms with Crippen LogP contribution in [0.5, 0.6) is 0 Å². The lowest BCUT2D eigenvalue weighted by molar-refractivity contribution is -0.119. The minimum absolute atomic E-state index is 0.110. The minimum atomic E-state index is -0.445. The zero-order valence-electron chi connectivity index (χ0n) is 23.8. The van der Waals surface area contributed by atoms with Crippen molar-refractivity contribution in [3.05, 3.63) is 100 Å². The van der Waals surface area contributed by atoms with E-state index >= 15 is 0 Å². The quantitative estimate of drug-likeness (QED) is 0.269. The summed E-state index contributed by atoms with van der Waals surface area (Å²) < 4.78 is 4.71. The molecular weight excluding hydrogens is 617 g/mol. The number of nitrogens with one attached hydrogen (secondary N) is 2. The molecule has 15 heteroatoms. The van der Waals surface area contributed by atoms with Gasteiger partial charge in [0.1, 0.15) is 5.69 Å². The van der Waals surface area contributed by atoms with E-state index in [2.05, 4.69) is 35.6 Å². The summed E-state index contributed by atoms with van der Waals surface area (Å²) in [7, 11) is 0. The Morgan fingerprint density at radius 2 is 1.89 bits per heavy atom. The van der Waals surface area contributed by atoms with Gasteiger partial charge in [-0.15, -0.1) is 5.10 Å². The van der Waals surface area contributed by atoms with Gasteiger partial charge in [0, 0.05) is 34.3 Å². The highest BCUT2D eigenvalue weighted by molar-refractivity contribution is 6.31. The van der Waals surface area contributed by atoms with Gasteiger partial charge in [-0.2, -0.15) is 5.10 Å². The number of carbonyl (C=O) groups is 1. The van der Waals surface area contributed by atoms with E-state index in [-0.39, 0.29) is 22.5 Å². The summed E-state index contributed by atoms with van der Waals surface area (Å²) in [6, 6.07) is 9.93. The zero-order valence-corrected chi connectivity index (χ0v) is 25.3. The van der Waals surface area contributed by atoms with Gasteiger partial charge in [-0.3, -0.25) is 19.1 Å². The van der Waals surface area contributed by atoms with Crippen molar-refractivity contribution in [1.82, 2.24) is 49.3 Å². The number of carbonyl (C=O) groups excluding carboxylic acids is 1. The summed E-state index contributed by atoms with van der Waals surface area (Å²) >= 11 is 12.3. The van der Waals surface area contributed by atoms with E-state index in [1.54, 1.807) is 58.6 Å². The topological polar surface area (TPSA) is 154 Å². The molecule has 1 aliphatic rings. The first-order valence-electron chi connectivity index (χ1n) is 14.2. The largest absolute Gasteiger partial charge is 0.330 e. The van der Waals surface area contributed by atoms with Crippen molar-refractivity contribution < 1.29 is 4.79 Å². The summed E-state index contributed by atoms with van der Waals surface area (Å²) in [5, 5.41) is 16.4. The number of amides is 1. The summed E-state index contributed by atoms with van der Waals surface area (Å²) in [5.74, 6) is 0.262. The summed E-state index contributed by atoms with van der Waals surface area (Å²) in [4.78, 5) is 43.4. The molecule has 0 saturated heterocycles. The number of H-pyrrole nitrogens is 1.